The van der Waals surface area contributed by atoms with Gasteiger partial charge in [0.1, 0.15) is 0 Å². The summed E-state index contributed by atoms with van der Waals surface area (Å²) in [4.78, 5) is 22.2. The van der Waals surface area contributed by atoms with E-state index >= 15 is 0 Å². The number of carbonyl (C=O) groups excluding carboxylic acids is 1. The standard InChI is InChI=1S/C16H12ClNO5/c1-23-15-8-10(7-13(17)16(15)20)5-6-14(19)11-3-2-4-12(9-11)18(21)22/h2-9,20H,1H3/b6-5+. The Labute approximate surface area is 136 Å². The zero-order valence-corrected chi connectivity index (χ0v) is 12.8. The summed E-state index contributed by atoms with van der Waals surface area (Å²) in [5, 5.41) is 20.5. The minimum atomic E-state index is -0.564. The quantitative estimate of drug-likeness (QED) is 0.388. The molecule has 118 valence electrons. The molecule has 0 unspecified atom stereocenters. The lowest BCUT2D eigenvalue weighted by Crippen LogP contribution is -1.96. The summed E-state index contributed by atoms with van der Waals surface area (Å²) in [6, 6.07) is 8.43. The molecule has 0 aromatic heterocycles. The summed E-state index contributed by atoms with van der Waals surface area (Å²) in [5.74, 6) is -0.395. The maximum atomic E-state index is 12.1. The van der Waals surface area contributed by atoms with Gasteiger partial charge in [0.2, 0.25) is 0 Å². The number of halogens is 1. The molecule has 0 fully saturated rings. The number of non-ortho nitro benzene ring substituents is 1. The Morgan fingerprint density at radius 1 is 1.35 bits per heavy atom. The van der Waals surface area contributed by atoms with Crippen molar-refractivity contribution in [2.24, 2.45) is 0 Å². The molecule has 0 saturated carbocycles. The van der Waals surface area contributed by atoms with Crippen molar-refractivity contribution in [1.82, 2.24) is 0 Å². The van der Waals surface area contributed by atoms with Gasteiger partial charge in [-0.1, -0.05) is 29.8 Å². The van der Waals surface area contributed by atoms with E-state index in [2.05, 4.69) is 0 Å². The molecule has 0 saturated heterocycles. The smallest absolute Gasteiger partial charge is 0.270 e. The van der Waals surface area contributed by atoms with E-state index in [4.69, 9.17) is 16.3 Å². The Morgan fingerprint density at radius 2 is 2.09 bits per heavy atom. The van der Waals surface area contributed by atoms with Crippen LogP contribution in [0.4, 0.5) is 5.69 Å². The number of nitro benzene ring substituents is 1. The fraction of sp³-hybridized carbons (Fsp3) is 0.0625. The average Bonchev–Trinajstić information content (AvgIpc) is 2.55. The number of methoxy groups -OCH3 is 1. The second-order valence-corrected chi connectivity index (χ2v) is 4.97. The predicted molar refractivity (Wildman–Crippen MR) is 86.1 cm³/mol. The molecule has 6 nitrogen and oxygen atoms in total. The van der Waals surface area contributed by atoms with Crippen LogP contribution in [0.3, 0.4) is 0 Å². The average molecular weight is 334 g/mol. The number of hydrogen-bond donors (Lipinski definition) is 1. The molecule has 0 aliphatic rings. The van der Waals surface area contributed by atoms with E-state index in [-0.39, 0.29) is 27.8 Å². The van der Waals surface area contributed by atoms with Gasteiger partial charge in [-0.3, -0.25) is 14.9 Å². The first kappa shape index (κ1) is 16.5. The first-order chi connectivity index (χ1) is 10.9. The van der Waals surface area contributed by atoms with E-state index in [1.807, 2.05) is 0 Å². The molecule has 2 rings (SSSR count). The highest BCUT2D eigenvalue weighted by Crippen LogP contribution is 2.35. The van der Waals surface area contributed by atoms with Gasteiger partial charge in [0.05, 0.1) is 17.1 Å². The van der Waals surface area contributed by atoms with E-state index in [1.165, 1.54) is 55.7 Å². The Balaban J connectivity index is 2.26. The van der Waals surface area contributed by atoms with Crippen molar-refractivity contribution < 1.29 is 19.6 Å². The summed E-state index contributed by atoms with van der Waals surface area (Å²) >= 11 is 5.86. The van der Waals surface area contributed by atoms with Crippen LogP contribution >= 0.6 is 11.6 Å². The number of nitrogens with zero attached hydrogens (tertiary/aromatic N) is 1. The van der Waals surface area contributed by atoms with Crippen molar-refractivity contribution in [3.63, 3.8) is 0 Å². The summed E-state index contributed by atoms with van der Waals surface area (Å²) in [6.45, 7) is 0. The highest BCUT2D eigenvalue weighted by Gasteiger charge is 2.10. The maximum absolute atomic E-state index is 12.1. The SMILES string of the molecule is COc1cc(/C=C/C(=O)c2cccc([N+](=O)[O-])c2)cc(Cl)c1O. The van der Waals surface area contributed by atoms with Crippen LogP contribution in [0.2, 0.25) is 5.02 Å². The number of allylic oxidation sites excluding steroid dienone is 1. The number of nitro groups is 1. The zero-order valence-electron chi connectivity index (χ0n) is 12.0. The van der Waals surface area contributed by atoms with Crippen molar-refractivity contribution in [3.05, 3.63) is 68.7 Å². The number of hydrogen-bond acceptors (Lipinski definition) is 5. The van der Waals surface area contributed by atoms with Gasteiger partial charge < -0.3 is 9.84 Å². The lowest BCUT2D eigenvalue weighted by Gasteiger charge is -2.06. The molecule has 0 heterocycles. The Kier molecular flexibility index (Phi) is 4.98. The van der Waals surface area contributed by atoms with Crippen molar-refractivity contribution in [2.45, 2.75) is 0 Å². The summed E-state index contributed by atoms with van der Waals surface area (Å²) in [7, 11) is 1.38. The summed E-state index contributed by atoms with van der Waals surface area (Å²) in [5.41, 5.74) is 0.592. The van der Waals surface area contributed by atoms with Crippen LogP contribution in [0.25, 0.3) is 6.08 Å². The van der Waals surface area contributed by atoms with Crippen LogP contribution in [0.1, 0.15) is 15.9 Å². The number of ketones is 1. The molecule has 0 aliphatic heterocycles. The van der Waals surface area contributed by atoms with Crippen molar-refractivity contribution in [2.75, 3.05) is 7.11 Å². The van der Waals surface area contributed by atoms with Crippen LogP contribution in [0.5, 0.6) is 11.5 Å². The third-order valence-electron chi connectivity index (χ3n) is 3.04. The number of phenolic OH excluding ortho intramolecular Hbond substituents is 1. The molecule has 2 aromatic carbocycles. The van der Waals surface area contributed by atoms with Crippen LogP contribution in [-0.2, 0) is 0 Å². The van der Waals surface area contributed by atoms with Crippen LogP contribution in [-0.4, -0.2) is 22.9 Å². The van der Waals surface area contributed by atoms with E-state index in [0.717, 1.165) is 0 Å². The molecule has 1 N–H and O–H groups in total. The maximum Gasteiger partial charge on any atom is 0.270 e. The monoisotopic (exact) mass is 333 g/mol. The second kappa shape index (κ2) is 6.93. The van der Waals surface area contributed by atoms with E-state index in [1.54, 1.807) is 0 Å². The molecule has 0 atom stereocenters. The minimum Gasteiger partial charge on any atom is -0.503 e. The van der Waals surface area contributed by atoms with Crippen molar-refractivity contribution in [3.8, 4) is 11.5 Å². The number of aromatic hydroxyl groups is 1. The molecule has 7 heteroatoms. The van der Waals surface area contributed by atoms with Crippen molar-refractivity contribution in [1.29, 1.82) is 0 Å². The number of ether oxygens (including phenoxy) is 1. The van der Waals surface area contributed by atoms with Crippen molar-refractivity contribution >= 4 is 29.1 Å². The molecule has 0 aliphatic carbocycles. The highest BCUT2D eigenvalue weighted by molar-refractivity contribution is 6.32. The summed E-state index contributed by atoms with van der Waals surface area (Å²) < 4.78 is 4.97. The van der Waals surface area contributed by atoms with E-state index < -0.39 is 10.7 Å². The number of carbonyl (C=O) groups is 1. The predicted octanol–water partition coefficient (Wildman–Crippen LogP) is 3.86. The number of rotatable bonds is 5. The lowest BCUT2D eigenvalue weighted by atomic mass is 10.1. The zero-order chi connectivity index (χ0) is 17.0. The first-order valence-electron chi connectivity index (χ1n) is 6.45. The Morgan fingerprint density at radius 3 is 2.74 bits per heavy atom. The van der Waals surface area contributed by atoms with Gasteiger partial charge in [0, 0.05) is 17.7 Å². The largest absolute Gasteiger partial charge is 0.503 e. The number of phenols is 1. The third-order valence-corrected chi connectivity index (χ3v) is 3.33. The van der Waals surface area contributed by atoms with Gasteiger partial charge in [0.25, 0.3) is 5.69 Å². The molecule has 2 aromatic rings. The van der Waals surface area contributed by atoms with E-state index in [9.17, 15) is 20.0 Å². The molecular weight excluding hydrogens is 322 g/mol. The molecule has 0 spiro atoms. The van der Waals surface area contributed by atoms with Crippen LogP contribution in [0.15, 0.2) is 42.5 Å². The molecular formula is C16H12ClNO5. The lowest BCUT2D eigenvalue weighted by molar-refractivity contribution is -0.384. The minimum absolute atomic E-state index is 0.0896. The Hall–Kier alpha value is -2.86. The molecule has 0 bridgehead atoms. The van der Waals surface area contributed by atoms with Gasteiger partial charge in [-0.05, 0) is 23.8 Å². The van der Waals surface area contributed by atoms with Gasteiger partial charge >= 0.3 is 0 Å². The van der Waals surface area contributed by atoms with Gasteiger partial charge in [-0.15, -0.1) is 0 Å². The van der Waals surface area contributed by atoms with Gasteiger partial charge in [0.15, 0.2) is 17.3 Å². The fourth-order valence-electron chi connectivity index (χ4n) is 1.89. The topological polar surface area (TPSA) is 89.7 Å². The van der Waals surface area contributed by atoms with Gasteiger partial charge in [-0.25, -0.2) is 0 Å². The summed E-state index contributed by atoms with van der Waals surface area (Å²) in [6.07, 6.45) is 2.75. The normalized spacial score (nSPS) is 10.7. The molecule has 23 heavy (non-hydrogen) atoms. The highest BCUT2D eigenvalue weighted by atomic mass is 35.5. The van der Waals surface area contributed by atoms with Gasteiger partial charge in [-0.2, -0.15) is 0 Å². The van der Waals surface area contributed by atoms with Crippen LogP contribution in [0, 0.1) is 10.1 Å². The third kappa shape index (κ3) is 3.87. The molecule has 0 radical (unpaired) electrons. The Bertz CT molecular complexity index is 801. The fourth-order valence-corrected chi connectivity index (χ4v) is 2.11. The second-order valence-electron chi connectivity index (χ2n) is 4.56. The number of benzene rings is 2. The first-order valence-corrected chi connectivity index (χ1v) is 6.83. The van der Waals surface area contributed by atoms with Crippen LogP contribution < -0.4 is 4.74 Å². The van der Waals surface area contributed by atoms with E-state index in [0.29, 0.717) is 5.56 Å². The molecule has 0 amide bonds.